The highest BCUT2D eigenvalue weighted by Gasteiger charge is 2.19. The minimum atomic E-state index is -0.264. The molecular weight excluding hydrogens is 760 g/mol. The molecule has 0 bridgehead atoms. The van der Waals surface area contributed by atoms with Crippen molar-refractivity contribution in [2.75, 3.05) is 4.90 Å². The van der Waals surface area contributed by atoms with Crippen LogP contribution in [0.3, 0.4) is 0 Å². The normalized spacial score (nSPS) is 11.6. The van der Waals surface area contributed by atoms with Crippen LogP contribution in [-0.2, 0) is 0 Å². The number of benzene rings is 10. The summed E-state index contributed by atoms with van der Waals surface area (Å²) < 4.78 is 23.5. The predicted molar refractivity (Wildman–Crippen MR) is 257 cm³/mol. The van der Waals surface area contributed by atoms with E-state index in [1.807, 2.05) is 30.3 Å². The van der Waals surface area contributed by atoms with E-state index in [1.54, 1.807) is 12.1 Å². The van der Waals surface area contributed by atoms with Gasteiger partial charge in [0.15, 0.2) is 0 Å². The predicted octanol–water partition coefficient (Wildman–Crippen LogP) is 16.4. The van der Waals surface area contributed by atoms with Gasteiger partial charge in [-0.25, -0.2) is 4.39 Å². The Hall–Kier alpha value is -8.21. The maximum atomic E-state index is 14.9. The molecule has 2 heterocycles. The van der Waals surface area contributed by atoms with Crippen LogP contribution in [0, 0.1) is 5.82 Å². The molecule has 0 unspecified atom stereocenters. The van der Waals surface area contributed by atoms with Crippen molar-refractivity contribution in [1.29, 1.82) is 0 Å². The van der Waals surface area contributed by atoms with Crippen molar-refractivity contribution in [2.24, 2.45) is 0 Å². The number of fused-ring (bicyclic) bond motifs is 7. The minimum Gasteiger partial charge on any atom is -0.455 e. The average molecular weight is 797 g/mol. The zero-order valence-corrected chi connectivity index (χ0v) is 33.5. The van der Waals surface area contributed by atoms with Gasteiger partial charge in [0, 0.05) is 49.9 Å². The summed E-state index contributed by atoms with van der Waals surface area (Å²) in [6.07, 6.45) is 0. The van der Waals surface area contributed by atoms with Crippen molar-refractivity contribution in [1.82, 2.24) is 4.57 Å². The highest BCUT2D eigenvalue weighted by atomic mass is 19.1. The van der Waals surface area contributed by atoms with Crippen LogP contribution in [0.4, 0.5) is 21.5 Å². The summed E-state index contributed by atoms with van der Waals surface area (Å²) in [4.78, 5) is 2.30. The topological polar surface area (TPSA) is 21.3 Å². The fourth-order valence-corrected chi connectivity index (χ4v) is 9.43. The number of para-hydroxylation sites is 3. The fourth-order valence-electron chi connectivity index (χ4n) is 9.43. The number of halogens is 1. The highest BCUT2D eigenvalue weighted by molar-refractivity contribution is 6.11. The van der Waals surface area contributed by atoms with Crippen LogP contribution in [0.5, 0.6) is 0 Å². The van der Waals surface area contributed by atoms with Crippen molar-refractivity contribution < 1.29 is 8.81 Å². The summed E-state index contributed by atoms with van der Waals surface area (Å²) in [6.45, 7) is 0. The van der Waals surface area contributed by atoms with Gasteiger partial charge in [0.2, 0.25) is 0 Å². The number of anilines is 3. The van der Waals surface area contributed by atoms with Crippen molar-refractivity contribution in [3.8, 4) is 39.1 Å². The zero-order chi connectivity index (χ0) is 41.1. The van der Waals surface area contributed by atoms with Gasteiger partial charge in [0.05, 0.1) is 11.0 Å². The Balaban J connectivity index is 1.01. The smallest absolute Gasteiger partial charge is 0.143 e. The number of hydrogen-bond acceptors (Lipinski definition) is 2. The van der Waals surface area contributed by atoms with E-state index < -0.39 is 0 Å². The van der Waals surface area contributed by atoms with E-state index in [1.165, 1.54) is 27.5 Å². The van der Waals surface area contributed by atoms with E-state index >= 15 is 0 Å². The minimum absolute atomic E-state index is 0.264. The Morgan fingerprint density at radius 3 is 1.73 bits per heavy atom. The van der Waals surface area contributed by atoms with Crippen LogP contribution in [0.25, 0.3) is 93.6 Å². The second-order valence-corrected chi connectivity index (χ2v) is 15.8. The van der Waals surface area contributed by atoms with Gasteiger partial charge in [0.1, 0.15) is 17.0 Å². The second kappa shape index (κ2) is 14.5. The molecule has 2 aromatic heterocycles. The SMILES string of the molecule is Fc1ccc2c3ccccc3n(-c3cccc(N(c4ccc(-c5cccc6c5oc5ccccc56)cc4)c4ccc(-c5cccc6cccc(-c7ccccc7)c56)cc4)c3)c2c1. The second-order valence-electron chi connectivity index (χ2n) is 15.8. The summed E-state index contributed by atoms with van der Waals surface area (Å²) in [7, 11) is 0. The first kappa shape index (κ1) is 35.7. The Kier molecular flexibility index (Phi) is 8.36. The third-order valence-corrected chi connectivity index (χ3v) is 12.2. The monoisotopic (exact) mass is 796 g/mol. The molecule has 0 saturated heterocycles. The van der Waals surface area contributed by atoms with Gasteiger partial charge in [0.25, 0.3) is 0 Å². The third-order valence-electron chi connectivity index (χ3n) is 12.2. The first-order valence-electron chi connectivity index (χ1n) is 20.9. The van der Waals surface area contributed by atoms with Crippen molar-refractivity contribution in [3.63, 3.8) is 0 Å². The lowest BCUT2D eigenvalue weighted by molar-refractivity contribution is 0.629. The Bertz CT molecular complexity index is 3630. The average Bonchev–Trinajstić information content (AvgIpc) is 3.88. The number of nitrogens with zero attached hydrogens (tertiary/aromatic N) is 2. The van der Waals surface area contributed by atoms with Crippen molar-refractivity contribution in [2.45, 2.75) is 0 Å². The first-order chi connectivity index (χ1) is 30.7. The van der Waals surface area contributed by atoms with Crippen LogP contribution >= 0.6 is 0 Å². The van der Waals surface area contributed by atoms with E-state index in [9.17, 15) is 4.39 Å². The number of aromatic nitrogens is 1. The largest absolute Gasteiger partial charge is 0.455 e. The van der Waals surface area contributed by atoms with Crippen LogP contribution in [0.15, 0.2) is 229 Å². The van der Waals surface area contributed by atoms with E-state index in [4.69, 9.17) is 4.42 Å². The number of rotatable bonds is 7. The van der Waals surface area contributed by atoms with E-state index in [0.29, 0.717) is 0 Å². The van der Waals surface area contributed by atoms with Gasteiger partial charge < -0.3 is 13.9 Å². The van der Waals surface area contributed by atoms with Gasteiger partial charge >= 0.3 is 0 Å². The Morgan fingerprint density at radius 1 is 0.387 bits per heavy atom. The van der Waals surface area contributed by atoms with E-state index in [2.05, 4.69) is 191 Å². The fraction of sp³-hybridized carbons (Fsp3) is 0. The lowest BCUT2D eigenvalue weighted by atomic mass is 9.91. The Morgan fingerprint density at radius 2 is 0.968 bits per heavy atom. The molecule has 4 heteroatoms. The highest BCUT2D eigenvalue weighted by Crippen LogP contribution is 2.42. The molecule has 0 saturated carbocycles. The molecule has 3 nitrogen and oxygen atoms in total. The molecule has 0 atom stereocenters. The summed E-state index contributed by atoms with van der Waals surface area (Å²) in [5.74, 6) is -0.264. The number of hydrogen-bond donors (Lipinski definition) is 0. The molecule has 0 spiro atoms. The van der Waals surface area contributed by atoms with Gasteiger partial charge in [-0.2, -0.15) is 0 Å². The van der Waals surface area contributed by atoms with Crippen LogP contribution in [-0.4, -0.2) is 4.57 Å². The first-order valence-corrected chi connectivity index (χ1v) is 20.9. The van der Waals surface area contributed by atoms with Crippen LogP contribution in [0.2, 0.25) is 0 Å². The van der Waals surface area contributed by atoms with Gasteiger partial charge in [-0.1, -0.05) is 152 Å². The summed E-state index contributed by atoms with van der Waals surface area (Å²) in [5.41, 5.74) is 14.4. The molecule has 0 aliphatic carbocycles. The molecule has 12 aromatic rings. The molecule has 10 aromatic carbocycles. The summed E-state index contributed by atoms with van der Waals surface area (Å²) >= 11 is 0. The van der Waals surface area contributed by atoms with Crippen LogP contribution in [0.1, 0.15) is 0 Å². The standard InChI is InChI=1S/C58H37FN2O/c59-42-30-35-51-50-18-4-6-24-54(50)61(55(51)36-42)46-17-10-16-45(37-46)60(44-33-28-40(29-34-44)49-22-11-23-53-52-19-5-7-25-56(52)62-58(49)53)43-31-26-39(27-32-43)48-21-9-15-41-14-8-20-47(57(41)48)38-12-2-1-3-13-38/h1-37H. The maximum absolute atomic E-state index is 14.9. The van der Waals surface area contributed by atoms with Gasteiger partial charge in [-0.05, 0) is 111 Å². The third kappa shape index (κ3) is 5.88. The Labute approximate surface area is 357 Å². The molecule has 0 fully saturated rings. The molecule has 0 radical (unpaired) electrons. The summed E-state index contributed by atoms with van der Waals surface area (Å²) in [6, 6.07) is 77.8. The summed E-state index contributed by atoms with van der Waals surface area (Å²) in [5, 5.41) is 6.75. The van der Waals surface area contributed by atoms with Crippen LogP contribution < -0.4 is 4.90 Å². The van der Waals surface area contributed by atoms with Gasteiger partial charge in [-0.3, -0.25) is 0 Å². The van der Waals surface area contributed by atoms with Crippen molar-refractivity contribution >= 4 is 71.6 Å². The van der Waals surface area contributed by atoms with E-state index in [-0.39, 0.29) is 5.82 Å². The molecular formula is C58H37FN2O. The number of furan rings is 1. The molecule has 292 valence electrons. The molecule has 0 N–H and O–H groups in total. The maximum Gasteiger partial charge on any atom is 0.143 e. The molecule has 0 aliphatic heterocycles. The molecule has 62 heavy (non-hydrogen) atoms. The lowest BCUT2D eigenvalue weighted by Crippen LogP contribution is -2.10. The molecule has 0 aliphatic rings. The molecule has 0 amide bonds. The van der Waals surface area contributed by atoms with Gasteiger partial charge in [-0.15, -0.1) is 0 Å². The van der Waals surface area contributed by atoms with Crippen molar-refractivity contribution in [3.05, 3.63) is 230 Å². The van der Waals surface area contributed by atoms with E-state index in [0.717, 1.165) is 83.2 Å². The lowest BCUT2D eigenvalue weighted by Gasteiger charge is -2.27. The zero-order valence-electron chi connectivity index (χ0n) is 33.5. The molecule has 12 rings (SSSR count). The quantitative estimate of drug-likeness (QED) is 0.160.